The summed E-state index contributed by atoms with van der Waals surface area (Å²) in [7, 11) is 0. The molecule has 0 bridgehead atoms. The topological polar surface area (TPSA) is 24.4 Å². The van der Waals surface area contributed by atoms with Crippen LogP contribution in [-0.4, -0.2) is 17.5 Å². The molecule has 1 N–H and O–H groups in total. The quantitative estimate of drug-likeness (QED) is 0.859. The standard InChI is InChI=1S/C16H21ClN2S/c1-12(13-5-4-6-14(17)9-13)19-15-18-10-16(11-20-15)7-2-3-8-16/h4-6,9,12H,2-3,7-8,10-11H2,1H3,(H,18,19). The van der Waals surface area contributed by atoms with Crippen molar-refractivity contribution in [3.63, 3.8) is 0 Å². The molecule has 2 aliphatic rings. The number of halogens is 1. The highest BCUT2D eigenvalue weighted by atomic mass is 35.5. The molecule has 1 aromatic carbocycles. The fourth-order valence-corrected chi connectivity index (χ4v) is 4.55. The molecule has 3 rings (SSSR count). The van der Waals surface area contributed by atoms with Gasteiger partial charge >= 0.3 is 0 Å². The van der Waals surface area contributed by atoms with E-state index in [1.807, 2.05) is 30.0 Å². The Morgan fingerprint density at radius 3 is 2.80 bits per heavy atom. The van der Waals surface area contributed by atoms with E-state index >= 15 is 0 Å². The van der Waals surface area contributed by atoms with Crippen LogP contribution in [0.3, 0.4) is 0 Å². The van der Waals surface area contributed by atoms with Crippen LogP contribution in [0.5, 0.6) is 0 Å². The normalized spacial score (nSPS) is 22.6. The monoisotopic (exact) mass is 308 g/mol. The third-order valence-corrected chi connectivity index (χ3v) is 5.94. The van der Waals surface area contributed by atoms with Gasteiger partial charge < -0.3 is 5.32 Å². The van der Waals surface area contributed by atoms with Crippen molar-refractivity contribution >= 4 is 28.5 Å². The molecule has 4 heteroatoms. The molecule has 1 aromatic rings. The highest BCUT2D eigenvalue weighted by Gasteiger charge is 2.36. The van der Waals surface area contributed by atoms with E-state index in [9.17, 15) is 0 Å². The van der Waals surface area contributed by atoms with Crippen molar-refractivity contribution in [2.24, 2.45) is 10.4 Å². The Balaban J connectivity index is 1.62. The molecule has 1 unspecified atom stereocenters. The zero-order valence-electron chi connectivity index (χ0n) is 11.9. The lowest BCUT2D eigenvalue weighted by molar-refractivity contribution is 0.358. The number of nitrogens with one attached hydrogen (secondary N) is 1. The van der Waals surface area contributed by atoms with Gasteiger partial charge in [0, 0.05) is 17.3 Å². The SMILES string of the molecule is CC(NC1=NCC2(CCCC2)CS1)c1cccc(Cl)c1. The van der Waals surface area contributed by atoms with Crippen molar-refractivity contribution in [3.05, 3.63) is 34.9 Å². The van der Waals surface area contributed by atoms with Gasteiger partial charge in [-0.3, -0.25) is 4.99 Å². The number of aliphatic imine (C=N–C) groups is 1. The molecule has 108 valence electrons. The van der Waals surface area contributed by atoms with Crippen LogP contribution in [0.2, 0.25) is 5.02 Å². The zero-order valence-corrected chi connectivity index (χ0v) is 13.4. The molecule has 20 heavy (non-hydrogen) atoms. The van der Waals surface area contributed by atoms with Crippen LogP contribution in [-0.2, 0) is 0 Å². The van der Waals surface area contributed by atoms with Gasteiger partial charge in [0.15, 0.2) is 5.17 Å². The number of nitrogens with zero attached hydrogens (tertiary/aromatic N) is 1. The smallest absolute Gasteiger partial charge is 0.157 e. The van der Waals surface area contributed by atoms with Crippen molar-refractivity contribution in [2.45, 2.75) is 38.6 Å². The van der Waals surface area contributed by atoms with Crippen molar-refractivity contribution in [1.29, 1.82) is 0 Å². The average molecular weight is 309 g/mol. The lowest BCUT2D eigenvalue weighted by atomic mass is 9.89. The van der Waals surface area contributed by atoms with Gasteiger partial charge in [-0.25, -0.2) is 0 Å². The second-order valence-electron chi connectivity index (χ2n) is 6.04. The molecule has 0 saturated heterocycles. The van der Waals surface area contributed by atoms with Crippen molar-refractivity contribution in [1.82, 2.24) is 5.32 Å². The van der Waals surface area contributed by atoms with Crippen molar-refractivity contribution in [2.75, 3.05) is 12.3 Å². The summed E-state index contributed by atoms with van der Waals surface area (Å²) in [6, 6.07) is 8.28. The maximum Gasteiger partial charge on any atom is 0.157 e. The first-order valence-electron chi connectivity index (χ1n) is 7.36. The summed E-state index contributed by atoms with van der Waals surface area (Å²) in [5, 5.41) is 5.41. The molecule has 0 amide bonds. The first kappa shape index (κ1) is 14.3. The van der Waals surface area contributed by atoms with Gasteiger partial charge in [0.2, 0.25) is 0 Å². The Bertz CT molecular complexity index is 509. The highest BCUT2D eigenvalue weighted by molar-refractivity contribution is 8.13. The molecule has 1 heterocycles. The first-order chi connectivity index (χ1) is 9.67. The summed E-state index contributed by atoms with van der Waals surface area (Å²) in [6.45, 7) is 3.17. The minimum atomic E-state index is 0.248. The van der Waals surface area contributed by atoms with Crippen LogP contribution in [0, 0.1) is 5.41 Å². The van der Waals surface area contributed by atoms with E-state index in [0.717, 1.165) is 16.7 Å². The number of thioether (sulfide) groups is 1. The van der Waals surface area contributed by atoms with Gasteiger partial charge in [0.25, 0.3) is 0 Å². The largest absolute Gasteiger partial charge is 0.358 e. The third kappa shape index (κ3) is 3.15. The Hall–Kier alpha value is -0.670. The number of amidine groups is 1. The molecule has 1 spiro atoms. The Morgan fingerprint density at radius 2 is 2.15 bits per heavy atom. The van der Waals surface area contributed by atoms with Crippen LogP contribution in [0.4, 0.5) is 0 Å². The average Bonchev–Trinajstić information content (AvgIpc) is 2.90. The summed E-state index contributed by atoms with van der Waals surface area (Å²) in [5.41, 5.74) is 1.72. The van der Waals surface area contributed by atoms with Gasteiger partial charge in [-0.2, -0.15) is 0 Å². The van der Waals surface area contributed by atoms with Crippen molar-refractivity contribution in [3.8, 4) is 0 Å². The van der Waals surface area contributed by atoms with Gasteiger partial charge in [0.1, 0.15) is 0 Å². The lowest BCUT2D eigenvalue weighted by Crippen LogP contribution is -2.34. The molecule has 1 fully saturated rings. The zero-order chi connectivity index (χ0) is 14.0. The molecular formula is C16H21ClN2S. The van der Waals surface area contributed by atoms with Crippen LogP contribution in [0.15, 0.2) is 29.3 Å². The number of rotatable bonds is 2. The highest BCUT2D eigenvalue weighted by Crippen LogP contribution is 2.43. The van der Waals surface area contributed by atoms with Gasteiger partial charge in [-0.1, -0.05) is 48.3 Å². The Morgan fingerprint density at radius 1 is 1.35 bits per heavy atom. The first-order valence-corrected chi connectivity index (χ1v) is 8.73. The molecule has 1 atom stereocenters. The predicted molar refractivity (Wildman–Crippen MR) is 88.7 cm³/mol. The molecule has 1 saturated carbocycles. The van der Waals surface area contributed by atoms with Gasteiger partial charge in [0.05, 0.1) is 6.04 Å². The summed E-state index contributed by atoms with van der Waals surface area (Å²) < 4.78 is 0. The Labute approximate surface area is 130 Å². The van der Waals surface area contributed by atoms with E-state index < -0.39 is 0 Å². The molecular weight excluding hydrogens is 288 g/mol. The van der Waals surface area contributed by atoms with E-state index in [-0.39, 0.29) is 6.04 Å². The Kier molecular flexibility index (Phi) is 4.27. The minimum Gasteiger partial charge on any atom is -0.358 e. The second kappa shape index (κ2) is 5.98. The third-order valence-electron chi connectivity index (χ3n) is 4.43. The van der Waals surface area contributed by atoms with E-state index in [2.05, 4.69) is 18.3 Å². The number of hydrogen-bond acceptors (Lipinski definition) is 3. The predicted octanol–water partition coefficient (Wildman–Crippen LogP) is 4.65. The second-order valence-corrected chi connectivity index (χ2v) is 7.44. The fraction of sp³-hybridized carbons (Fsp3) is 0.562. The molecule has 1 aliphatic carbocycles. The maximum absolute atomic E-state index is 6.05. The fourth-order valence-electron chi connectivity index (χ4n) is 3.11. The van der Waals surface area contributed by atoms with E-state index in [0.29, 0.717) is 5.41 Å². The van der Waals surface area contributed by atoms with Crippen LogP contribution in [0.1, 0.15) is 44.2 Å². The lowest BCUT2D eigenvalue weighted by Gasteiger charge is -2.32. The summed E-state index contributed by atoms with van der Waals surface area (Å²) in [6.07, 6.45) is 5.50. The minimum absolute atomic E-state index is 0.248. The van der Waals surface area contributed by atoms with E-state index in [1.165, 1.54) is 37.0 Å². The number of benzene rings is 1. The van der Waals surface area contributed by atoms with Gasteiger partial charge in [-0.05, 0) is 42.9 Å². The van der Waals surface area contributed by atoms with Crippen LogP contribution in [0.25, 0.3) is 0 Å². The summed E-state index contributed by atoms with van der Waals surface area (Å²) in [4.78, 5) is 4.79. The molecule has 0 aromatic heterocycles. The number of hydrogen-bond donors (Lipinski definition) is 1. The summed E-state index contributed by atoms with van der Waals surface area (Å²) >= 11 is 7.94. The molecule has 1 aliphatic heterocycles. The molecule has 0 radical (unpaired) electrons. The van der Waals surface area contributed by atoms with Crippen molar-refractivity contribution < 1.29 is 0 Å². The van der Waals surface area contributed by atoms with Gasteiger partial charge in [-0.15, -0.1) is 0 Å². The van der Waals surface area contributed by atoms with E-state index in [4.69, 9.17) is 16.6 Å². The van der Waals surface area contributed by atoms with Crippen LogP contribution >= 0.6 is 23.4 Å². The maximum atomic E-state index is 6.05. The van der Waals surface area contributed by atoms with E-state index in [1.54, 1.807) is 0 Å². The summed E-state index contributed by atoms with van der Waals surface area (Å²) in [5.74, 6) is 1.22. The molecule has 2 nitrogen and oxygen atoms in total. The van der Waals surface area contributed by atoms with Crippen LogP contribution < -0.4 is 5.32 Å².